The average molecular weight is 346 g/mol. The fraction of sp³-hybridized carbons (Fsp3) is 0.650. The molecule has 1 aliphatic carbocycles. The lowest BCUT2D eigenvalue weighted by Crippen LogP contribution is -2.52. The van der Waals surface area contributed by atoms with E-state index in [-0.39, 0.29) is 12.5 Å². The molecule has 0 bridgehead atoms. The highest BCUT2D eigenvalue weighted by Gasteiger charge is 2.26. The molecule has 5 heteroatoms. The first kappa shape index (κ1) is 18.1. The van der Waals surface area contributed by atoms with E-state index in [0.29, 0.717) is 5.75 Å². The molecule has 0 aromatic heterocycles. The lowest BCUT2D eigenvalue weighted by atomic mass is 10.1. The summed E-state index contributed by atoms with van der Waals surface area (Å²) < 4.78 is 10.7. The Balaban J connectivity index is 1.41. The summed E-state index contributed by atoms with van der Waals surface area (Å²) in [7, 11) is 1.63. The number of hydrogen-bond donors (Lipinski definition) is 0. The van der Waals surface area contributed by atoms with Gasteiger partial charge in [0.15, 0.2) is 6.61 Å². The minimum absolute atomic E-state index is 0.0799. The average Bonchev–Trinajstić information content (AvgIpc) is 2.96. The molecule has 1 aliphatic heterocycles. The van der Waals surface area contributed by atoms with Gasteiger partial charge in [0.05, 0.1) is 7.11 Å². The van der Waals surface area contributed by atoms with E-state index < -0.39 is 0 Å². The van der Waals surface area contributed by atoms with Crippen molar-refractivity contribution in [3.63, 3.8) is 0 Å². The van der Waals surface area contributed by atoms with Gasteiger partial charge in [0, 0.05) is 32.2 Å². The van der Waals surface area contributed by atoms with Crippen molar-refractivity contribution in [1.82, 2.24) is 9.80 Å². The van der Waals surface area contributed by atoms with Gasteiger partial charge in [0.1, 0.15) is 11.5 Å². The normalized spacial score (nSPS) is 20.1. The Morgan fingerprint density at radius 2 is 1.56 bits per heavy atom. The van der Waals surface area contributed by atoms with Gasteiger partial charge < -0.3 is 14.4 Å². The fourth-order valence-electron chi connectivity index (χ4n) is 3.87. The summed E-state index contributed by atoms with van der Waals surface area (Å²) in [6, 6.07) is 8.07. The third kappa shape index (κ3) is 5.11. The van der Waals surface area contributed by atoms with Gasteiger partial charge in [-0.3, -0.25) is 9.69 Å². The Hall–Kier alpha value is -1.75. The number of carbonyl (C=O) groups is 1. The Kier molecular flexibility index (Phi) is 6.56. The van der Waals surface area contributed by atoms with Crippen LogP contribution in [0.1, 0.15) is 38.5 Å². The third-order valence-electron chi connectivity index (χ3n) is 5.43. The van der Waals surface area contributed by atoms with Crippen LogP contribution in [-0.4, -0.2) is 61.6 Å². The summed E-state index contributed by atoms with van der Waals surface area (Å²) in [5, 5.41) is 0. The van der Waals surface area contributed by atoms with E-state index >= 15 is 0 Å². The Morgan fingerprint density at radius 3 is 2.16 bits per heavy atom. The molecule has 1 saturated heterocycles. The van der Waals surface area contributed by atoms with Crippen molar-refractivity contribution in [3.8, 4) is 11.5 Å². The number of piperazine rings is 1. The molecule has 1 aromatic rings. The third-order valence-corrected chi connectivity index (χ3v) is 5.43. The number of carbonyl (C=O) groups excluding carboxylic acids is 1. The van der Waals surface area contributed by atoms with Gasteiger partial charge in [-0.25, -0.2) is 0 Å². The molecule has 0 spiro atoms. The quantitative estimate of drug-likeness (QED) is 0.769. The topological polar surface area (TPSA) is 42.0 Å². The lowest BCUT2D eigenvalue weighted by Gasteiger charge is -2.39. The maximum atomic E-state index is 12.4. The predicted molar refractivity (Wildman–Crippen MR) is 98.1 cm³/mol. The molecule has 1 aromatic carbocycles. The minimum Gasteiger partial charge on any atom is -0.497 e. The zero-order chi connectivity index (χ0) is 17.5. The molecule has 1 saturated carbocycles. The van der Waals surface area contributed by atoms with Crippen LogP contribution in [0.4, 0.5) is 0 Å². The molecular formula is C20H30N2O3. The Labute approximate surface area is 150 Å². The molecule has 0 radical (unpaired) electrons. The second-order valence-corrected chi connectivity index (χ2v) is 7.03. The molecule has 1 heterocycles. The van der Waals surface area contributed by atoms with Gasteiger partial charge >= 0.3 is 0 Å². The van der Waals surface area contributed by atoms with E-state index in [2.05, 4.69) is 4.90 Å². The maximum Gasteiger partial charge on any atom is 0.260 e. The van der Waals surface area contributed by atoms with Crippen LogP contribution in [0.15, 0.2) is 24.3 Å². The number of hydrogen-bond acceptors (Lipinski definition) is 4. The highest BCUT2D eigenvalue weighted by atomic mass is 16.5. The van der Waals surface area contributed by atoms with Crippen molar-refractivity contribution < 1.29 is 14.3 Å². The molecule has 1 amide bonds. The van der Waals surface area contributed by atoms with E-state index in [1.54, 1.807) is 7.11 Å². The van der Waals surface area contributed by atoms with Gasteiger partial charge in [-0.2, -0.15) is 0 Å². The number of rotatable bonds is 5. The number of amides is 1. The van der Waals surface area contributed by atoms with Crippen LogP contribution in [0.2, 0.25) is 0 Å². The number of nitrogens with zero attached hydrogens (tertiary/aromatic N) is 2. The van der Waals surface area contributed by atoms with Crippen molar-refractivity contribution in [2.75, 3.05) is 39.9 Å². The zero-order valence-corrected chi connectivity index (χ0v) is 15.3. The van der Waals surface area contributed by atoms with E-state index in [9.17, 15) is 4.79 Å². The molecule has 5 nitrogen and oxygen atoms in total. The van der Waals surface area contributed by atoms with Crippen LogP contribution >= 0.6 is 0 Å². The number of ether oxygens (including phenoxy) is 2. The van der Waals surface area contributed by atoms with E-state index in [1.165, 1.54) is 38.5 Å². The van der Waals surface area contributed by atoms with Crippen molar-refractivity contribution in [2.24, 2.45) is 0 Å². The van der Waals surface area contributed by atoms with E-state index in [4.69, 9.17) is 9.47 Å². The predicted octanol–water partition coefficient (Wildman–Crippen LogP) is 2.94. The second-order valence-electron chi connectivity index (χ2n) is 7.03. The van der Waals surface area contributed by atoms with E-state index in [1.807, 2.05) is 29.2 Å². The van der Waals surface area contributed by atoms with Gasteiger partial charge in [-0.1, -0.05) is 25.7 Å². The summed E-state index contributed by atoms with van der Waals surface area (Å²) in [4.78, 5) is 16.9. The van der Waals surface area contributed by atoms with Crippen LogP contribution in [0.25, 0.3) is 0 Å². The molecule has 0 N–H and O–H groups in total. The highest BCUT2D eigenvalue weighted by Crippen LogP contribution is 2.23. The van der Waals surface area contributed by atoms with Gasteiger partial charge in [0.25, 0.3) is 5.91 Å². The van der Waals surface area contributed by atoms with Crippen LogP contribution in [0.3, 0.4) is 0 Å². The van der Waals surface area contributed by atoms with Gasteiger partial charge in [0.2, 0.25) is 0 Å². The first-order chi connectivity index (χ1) is 12.3. The molecular weight excluding hydrogens is 316 g/mol. The fourth-order valence-corrected chi connectivity index (χ4v) is 3.87. The molecule has 3 rings (SSSR count). The van der Waals surface area contributed by atoms with Crippen LogP contribution < -0.4 is 9.47 Å². The zero-order valence-electron chi connectivity index (χ0n) is 15.3. The smallest absolute Gasteiger partial charge is 0.260 e. The Morgan fingerprint density at radius 1 is 0.960 bits per heavy atom. The van der Waals surface area contributed by atoms with Crippen LogP contribution in [0, 0.1) is 0 Å². The summed E-state index contributed by atoms with van der Waals surface area (Å²) in [5.74, 6) is 1.57. The number of methoxy groups -OCH3 is 1. The molecule has 138 valence electrons. The summed E-state index contributed by atoms with van der Waals surface area (Å²) in [6.07, 6.45) is 8.15. The van der Waals surface area contributed by atoms with Crippen molar-refractivity contribution >= 4 is 5.91 Å². The molecule has 25 heavy (non-hydrogen) atoms. The summed E-state index contributed by atoms with van der Waals surface area (Å²) >= 11 is 0. The lowest BCUT2D eigenvalue weighted by molar-refractivity contribution is -0.135. The Bertz CT molecular complexity index is 530. The summed E-state index contributed by atoms with van der Waals surface area (Å²) in [5.41, 5.74) is 0. The van der Waals surface area contributed by atoms with Crippen molar-refractivity contribution in [3.05, 3.63) is 24.3 Å². The second kappa shape index (κ2) is 9.09. The molecule has 0 atom stereocenters. The van der Waals surface area contributed by atoms with Gasteiger partial charge in [-0.15, -0.1) is 0 Å². The van der Waals surface area contributed by atoms with Crippen molar-refractivity contribution in [2.45, 2.75) is 44.6 Å². The van der Waals surface area contributed by atoms with Crippen LogP contribution in [0.5, 0.6) is 11.5 Å². The van der Waals surface area contributed by atoms with E-state index in [0.717, 1.165) is 38.0 Å². The minimum atomic E-state index is 0.0799. The number of benzene rings is 1. The molecule has 2 aliphatic rings. The van der Waals surface area contributed by atoms with Gasteiger partial charge in [-0.05, 0) is 37.1 Å². The maximum absolute atomic E-state index is 12.4. The standard InChI is InChI=1S/C20H30N2O3/c1-24-18-8-10-19(11-9-18)25-16-20(23)22-14-12-21(13-15-22)17-6-4-2-3-5-7-17/h8-11,17H,2-7,12-16H2,1H3. The first-order valence-electron chi connectivity index (χ1n) is 9.55. The molecule has 2 fully saturated rings. The van der Waals surface area contributed by atoms with Crippen LogP contribution in [-0.2, 0) is 4.79 Å². The first-order valence-corrected chi connectivity index (χ1v) is 9.55. The highest BCUT2D eigenvalue weighted by molar-refractivity contribution is 5.77. The molecule has 0 unspecified atom stereocenters. The monoisotopic (exact) mass is 346 g/mol. The van der Waals surface area contributed by atoms with Crippen molar-refractivity contribution in [1.29, 1.82) is 0 Å². The largest absolute Gasteiger partial charge is 0.497 e. The SMILES string of the molecule is COc1ccc(OCC(=O)N2CCN(C3CCCCCC3)CC2)cc1. The summed E-state index contributed by atoms with van der Waals surface area (Å²) in [6.45, 7) is 3.75.